The zero-order chi connectivity index (χ0) is 13.8. The van der Waals surface area contributed by atoms with Crippen LogP contribution in [0.2, 0.25) is 0 Å². The van der Waals surface area contributed by atoms with Gasteiger partial charge in [-0.15, -0.1) is 0 Å². The van der Waals surface area contributed by atoms with Gasteiger partial charge in [-0.25, -0.2) is 0 Å². The van der Waals surface area contributed by atoms with Crippen LogP contribution in [-0.2, 0) is 4.79 Å². The maximum atomic E-state index is 12.1. The number of piperidine rings is 1. The first kappa shape index (κ1) is 14.1. The van der Waals surface area contributed by atoms with Crippen LogP contribution in [0.3, 0.4) is 0 Å². The first-order valence-electron chi connectivity index (χ1n) is 7.17. The van der Waals surface area contributed by atoms with Crippen LogP contribution < -0.4 is 5.32 Å². The van der Waals surface area contributed by atoms with Crippen LogP contribution in [0.4, 0.5) is 5.69 Å². The number of nitrogens with zero attached hydrogens (tertiary/aromatic N) is 1. The summed E-state index contributed by atoms with van der Waals surface area (Å²) < 4.78 is 0. The molecule has 0 radical (unpaired) electrons. The first-order valence-corrected chi connectivity index (χ1v) is 7.17. The van der Waals surface area contributed by atoms with Crippen molar-refractivity contribution in [3.05, 3.63) is 29.3 Å². The second-order valence-corrected chi connectivity index (χ2v) is 5.68. The monoisotopic (exact) mass is 260 g/mol. The van der Waals surface area contributed by atoms with Crippen molar-refractivity contribution in [2.45, 2.75) is 46.1 Å². The van der Waals surface area contributed by atoms with Gasteiger partial charge in [0.15, 0.2) is 0 Å². The number of likely N-dealkylation sites (tertiary alicyclic amines) is 1. The summed E-state index contributed by atoms with van der Waals surface area (Å²) in [4.78, 5) is 14.4. The predicted octanol–water partition coefficient (Wildman–Crippen LogP) is 3.12. The van der Waals surface area contributed by atoms with Crippen LogP contribution in [0.1, 0.15) is 37.3 Å². The predicted molar refractivity (Wildman–Crippen MR) is 79.4 cm³/mol. The topological polar surface area (TPSA) is 32.3 Å². The van der Waals surface area contributed by atoms with Crippen molar-refractivity contribution in [3.8, 4) is 0 Å². The van der Waals surface area contributed by atoms with Crippen LogP contribution >= 0.6 is 0 Å². The van der Waals surface area contributed by atoms with Gasteiger partial charge in [0.1, 0.15) is 0 Å². The van der Waals surface area contributed by atoms with Crippen molar-refractivity contribution in [2.75, 3.05) is 18.4 Å². The number of rotatable bonds is 3. The zero-order valence-corrected chi connectivity index (χ0v) is 12.2. The van der Waals surface area contributed by atoms with Gasteiger partial charge in [-0.1, -0.05) is 24.1 Å². The molecular weight excluding hydrogens is 236 g/mol. The molecule has 1 aliphatic rings. The lowest BCUT2D eigenvalue weighted by Gasteiger charge is -2.32. The summed E-state index contributed by atoms with van der Waals surface area (Å²) in [5.41, 5.74) is 3.28. The molecule has 1 atom stereocenters. The van der Waals surface area contributed by atoms with Gasteiger partial charge in [0.25, 0.3) is 0 Å². The molecule has 1 heterocycles. The van der Waals surface area contributed by atoms with Crippen molar-refractivity contribution in [1.29, 1.82) is 0 Å². The van der Waals surface area contributed by atoms with Gasteiger partial charge in [0, 0.05) is 11.7 Å². The average Bonchev–Trinajstić information content (AvgIpc) is 2.36. The molecule has 0 unspecified atom stereocenters. The second kappa shape index (κ2) is 6.20. The van der Waals surface area contributed by atoms with Crippen molar-refractivity contribution >= 4 is 11.6 Å². The Morgan fingerprint density at radius 1 is 1.37 bits per heavy atom. The number of anilines is 1. The Morgan fingerprint density at radius 2 is 2.16 bits per heavy atom. The minimum absolute atomic E-state index is 0.0979. The van der Waals surface area contributed by atoms with E-state index in [9.17, 15) is 4.79 Å². The van der Waals surface area contributed by atoms with Crippen LogP contribution in [0.25, 0.3) is 0 Å². The molecule has 3 nitrogen and oxygen atoms in total. The summed E-state index contributed by atoms with van der Waals surface area (Å²) in [5.74, 6) is 0.0979. The Morgan fingerprint density at radius 3 is 2.84 bits per heavy atom. The second-order valence-electron chi connectivity index (χ2n) is 5.68. The lowest BCUT2D eigenvalue weighted by molar-refractivity contribution is -0.118. The summed E-state index contributed by atoms with van der Waals surface area (Å²) >= 11 is 0. The Hall–Kier alpha value is -1.35. The molecule has 1 aromatic rings. The largest absolute Gasteiger partial charge is 0.325 e. The highest BCUT2D eigenvalue weighted by Gasteiger charge is 2.20. The van der Waals surface area contributed by atoms with Crippen molar-refractivity contribution in [2.24, 2.45) is 0 Å². The normalized spacial score (nSPS) is 20.3. The number of carbonyl (C=O) groups excluding carboxylic acids is 1. The number of hydrogen-bond donors (Lipinski definition) is 1. The molecule has 1 aromatic carbocycles. The zero-order valence-electron chi connectivity index (χ0n) is 12.2. The third-order valence-electron chi connectivity index (χ3n) is 3.94. The van der Waals surface area contributed by atoms with E-state index in [2.05, 4.69) is 30.1 Å². The van der Waals surface area contributed by atoms with Gasteiger partial charge in [0.05, 0.1) is 6.54 Å². The molecule has 0 spiro atoms. The molecule has 104 valence electrons. The summed E-state index contributed by atoms with van der Waals surface area (Å²) in [7, 11) is 0. The third kappa shape index (κ3) is 3.80. The Labute approximate surface area is 116 Å². The van der Waals surface area contributed by atoms with E-state index in [0.717, 1.165) is 17.8 Å². The van der Waals surface area contributed by atoms with Crippen LogP contribution in [-0.4, -0.2) is 29.9 Å². The fraction of sp³-hybridized carbons (Fsp3) is 0.562. The van der Waals surface area contributed by atoms with Gasteiger partial charge in [-0.2, -0.15) is 0 Å². The molecule has 3 heteroatoms. The molecule has 1 amide bonds. The smallest absolute Gasteiger partial charge is 0.238 e. The SMILES string of the molecule is Cc1ccc(NC(=O)CN2CCCC[C@H]2C)c(C)c1. The standard InChI is InChI=1S/C16H24N2O/c1-12-7-8-15(13(2)10-12)17-16(19)11-18-9-5-4-6-14(18)3/h7-8,10,14H,4-6,9,11H2,1-3H3,(H,17,19)/t14-/m1/s1. The van der Waals surface area contributed by atoms with E-state index in [1.165, 1.54) is 24.8 Å². The fourth-order valence-electron chi connectivity index (χ4n) is 2.72. The van der Waals surface area contributed by atoms with Crippen LogP contribution in [0, 0.1) is 13.8 Å². The van der Waals surface area contributed by atoms with Crippen LogP contribution in [0.5, 0.6) is 0 Å². The molecule has 1 aliphatic heterocycles. The van der Waals surface area contributed by atoms with E-state index in [4.69, 9.17) is 0 Å². The molecule has 1 N–H and O–H groups in total. The van der Waals surface area contributed by atoms with Crippen LogP contribution in [0.15, 0.2) is 18.2 Å². The molecule has 0 aromatic heterocycles. The average molecular weight is 260 g/mol. The number of aryl methyl sites for hydroxylation is 2. The Balaban J connectivity index is 1.93. The number of carbonyl (C=O) groups is 1. The van der Waals surface area contributed by atoms with Crippen molar-refractivity contribution in [3.63, 3.8) is 0 Å². The minimum Gasteiger partial charge on any atom is -0.325 e. The van der Waals surface area contributed by atoms with E-state index in [1.807, 2.05) is 19.1 Å². The van der Waals surface area contributed by atoms with E-state index < -0.39 is 0 Å². The Bertz CT molecular complexity index is 456. The lowest BCUT2D eigenvalue weighted by Crippen LogP contribution is -2.42. The number of nitrogens with one attached hydrogen (secondary N) is 1. The summed E-state index contributed by atoms with van der Waals surface area (Å²) in [6.07, 6.45) is 3.70. The van der Waals surface area contributed by atoms with E-state index in [1.54, 1.807) is 0 Å². The quantitative estimate of drug-likeness (QED) is 0.905. The highest BCUT2D eigenvalue weighted by Crippen LogP contribution is 2.18. The van der Waals surface area contributed by atoms with Gasteiger partial charge >= 0.3 is 0 Å². The maximum Gasteiger partial charge on any atom is 0.238 e. The first-order chi connectivity index (χ1) is 9.06. The molecule has 0 saturated carbocycles. The minimum atomic E-state index is 0.0979. The summed E-state index contributed by atoms with van der Waals surface area (Å²) in [5, 5.41) is 3.02. The van der Waals surface area contributed by atoms with E-state index in [0.29, 0.717) is 12.6 Å². The fourth-order valence-corrected chi connectivity index (χ4v) is 2.72. The number of benzene rings is 1. The lowest BCUT2D eigenvalue weighted by atomic mass is 10.0. The molecule has 2 rings (SSSR count). The highest BCUT2D eigenvalue weighted by molar-refractivity contribution is 5.93. The molecule has 19 heavy (non-hydrogen) atoms. The van der Waals surface area contributed by atoms with Gasteiger partial charge in [0.2, 0.25) is 5.91 Å². The number of hydrogen-bond acceptors (Lipinski definition) is 2. The molecule has 0 bridgehead atoms. The van der Waals surface area contributed by atoms with Crippen molar-refractivity contribution < 1.29 is 4.79 Å². The van der Waals surface area contributed by atoms with Crippen molar-refractivity contribution in [1.82, 2.24) is 4.90 Å². The van der Waals surface area contributed by atoms with Gasteiger partial charge in [-0.3, -0.25) is 9.69 Å². The molecular formula is C16H24N2O. The van der Waals surface area contributed by atoms with Gasteiger partial charge in [-0.05, 0) is 51.8 Å². The molecule has 1 fully saturated rings. The maximum absolute atomic E-state index is 12.1. The molecule has 1 saturated heterocycles. The summed E-state index contributed by atoms with van der Waals surface area (Å²) in [6, 6.07) is 6.65. The van der Waals surface area contributed by atoms with E-state index >= 15 is 0 Å². The summed E-state index contributed by atoms with van der Waals surface area (Å²) in [6.45, 7) is 7.86. The van der Waals surface area contributed by atoms with E-state index in [-0.39, 0.29) is 5.91 Å². The Kier molecular flexibility index (Phi) is 4.59. The van der Waals surface area contributed by atoms with Gasteiger partial charge < -0.3 is 5.32 Å². The number of amides is 1. The third-order valence-corrected chi connectivity index (χ3v) is 3.94. The molecule has 0 aliphatic carbocycles. The highest BCUT2D eigenvalue weighted by atomic mass is 16.2.